The molecular formula is C16H8Br2N2O2. The Hall–Kier alpha value is -1.92. The zero-order valence-corrected chi connectivity index (χ0v) is 14.2. The van der Waals surface area contributed by atoms with E-state index in [9.17, 15) is 9.59 Å². The molecule has 6 heteroatoms. The van der Waals surface area contributed by atoms with Gasteiger partial charge in [-0.05, 0) is 36.4 Å². The minimum atomic E-state index is -0.176. The Labute approximate surface area is 142 Å². The van der Waals surface area contributed by atoms with Crippen molar-refractivity contribution >= 4 is 54.8 Å². The van der Waals surface area contributed by atoms with Gasteiger partial charge in [-0.25, -0.2) is 0 Å². The van der Waals surface area contributed by atoms with Crippen LogP contribution in [0.5, 0.6) is 0 Å². The van der Waals surface area contributed by atoms with Crippen molar-refractivity contribution in [3.8, 4) is 0 Å². The van der Waals surface area contributed by atoms with Crippen LogP contribution < -0.4 is 10.6 Å². The van der Waals surface area contributed by atoms with E-state index in [0.29, 0.717) is 33.9 Å². The number of ketones is 2. The summed E-state index contributed by atoms with van der Waals surface area (Å²) in [5, 5.41) is 6.10. The van der Waals surface area contributed by atoms with E-state index in [2.05, 4.69) is 42.5 Å². The van der Waals surface area contributed by atoms with E-state index in [1.165, 1.54) is 0 Å². The van der Waals surface area contributed by atoms with E-state index in [4.69, 9.17) is 0 Å². The average Bonchev–Trinajstić information content (AvgIpc) is 2.96. The second kappa shape index (κ2) is 4.79. The van der Waals surface area contributed by atoms with Gasteiger partial charge in [-0.1, -0.05) is 31.9 Å². The Morgan fingerprint density at radius 2 is 1.09 bits per heavy atom. The molecule has 0 spiro atoms. The summed E-state index contributed by atoms with van der Waals surface area (Å²) < 4.78 is 1.74. The van der Waals surface area contributed by atoms with Gasteiger partial charge in [-0.15, -0.1) is 0 Å². The van der Waals surface area contributed by atoms with Gasteiger partial charge in [0.15, 0.2) is 0 Å². The molecule has 22 heavy (non-hydrogen) atoms. The lowest BCUT2D eigenvalue weighted by Gasteiger charge is -2.03. The van der Waals surface area contributed by atoms with Crippen molar-refractivity contribution in [2.75, 3.05) is 10.6 Å². The highest BCUT2D eigenvalue weighted by Gasteiger charge is 2.34. The molecule has 2 aromatic rings. The molecule has 2 aliphatic heterocycles. The van der Waals surface area contributed by atoms with Crippen LogP contribution in [-0.4, -0.2) is 11.6 Å². The van der Waals surface area contributed by atoms with Crippen LogP contribution in [0.1, 0.15) is 20.7 Å². The number of hydrogen-bond donors (Lipinski definition) is 2. The van der Waals surface area contributed by atoms with Crippen molar-refractivity contribution in [2.45, 2.75) is 0 Å². The Bertz CT molecular complexity index is 830. The van der Waals surface area contributed by atoms with Crippen LogP contribution in [0.25, 0.3) is 0 Å². The third kappa shape index (κ3) is 1.94. The second-order valence-electron chi connectivity index (χ2n) is 5.04. The molecular weight excluding hydrogens is 412 g/mol. The number of halogens is 2. The fourth-order valence-electron chi connectivity index (χ4n) is 2.64. The van der Waals surface area contributed by atoms with Gasteiger partial charge in [0, 0.05) is 20.1 Å². The predicted molar refractivity (Wildman–Crippen MR) is 91.2 cm³/mol. The number of carbonyl (C=O) groups excluding carboxylic acids is 2. The summed E-state index contributed by atoms with van der Waals surface area (Å²) >= 11 is 6.75. The molecule has 0 saturated carbocycles. The number of Topliss-reactive ketones (excluding diaryl/α,β-unsaturated/α-hetero) is 2. The molecule has 2 N–H and O–H groups in total. The fraction of sp³-hybridized carbons (Fsp3) is 0. The topological polar surface area (TPSA) is 58.2 Å². The maximum absolute atomic E-state index is 12.5. The normalized spacial score (nSPS) is 18.8. The van der Waals surface area contributed by atoms with Gasteiger partial charge in [-0.3, -0.25) is 9.59 Å². The predicted octanol–water partition coefficient (Wildman–Crippen LogP) is 4.34. The second-order valence-corrected chi connectivity index (χ2v) is 6.87. The minimum absolute atomic E-state index is 0.176. The quantitative estimate of drug-likeness (QED) is 0.623. The fourth-order valence-corrected chi connectivity index (χ4v) is 3.36. The van der Waals surface area contributed by atoms with Crippen LogP contribution in [0.4, 0.5) is 11.4 Å². The molecule has 0 bridgehead atoms. The maximum atomic E-state index is 12.5. The Morgan fingerprint density at radius 3 is 1.50 bits per heavy atom. The molecule has 4 nitrogen and oxygen atoms in total. The summed E-state index contributed by atoms with van der Waals surface area (Å²) in [6.45, 7) is 0. The number of rotatable bonds is 0. The Kier molecular flexibility index (Phi) is 2.99. The van der Waals surface area contributed by atoms with Crippen LogP contribution in [-0.2, 0) is 0 Å². The first-order chi connectivity index (χ1) is 10.5. The van der Waals surface area contributed by atoms with Gasteiger partial charge in [0.05, 0.1) is 11.4 Å². The van der Waals surface area contributed by atoms with E-state index in [1.807, 2.05) is 24.3 Å². The summed E-state index contributed by atoms with van der Waals surface area (Å²) in [7, 11) is 0. The lowest BCUT2D eigenvalue weighted by molar-refractivity contribution is 0.101. The molecule has 0 atom stereocenters. The number of anilines is 2. The zero-order chi connectivity index (χ0) is 15.4. The summed E-state index contributed by atoms with van der Waals surface area (Å²) in [4.78, 5) is 25.0. The van der Waals surface area contributed by atoms with Crippen molar-refractivity contribution in [1.82, 2.24) is 0 Å². The summed E-state index contributed by atoms with van der Waals surface area (Å²) in [6.07, 6.45) is 0. The van der Waals surface area contributed by atoms with Gasteiger partial charge >= 0.3 is 0 Å². The molecule has 0 saturated heterocycles. The average molecular weight is 420 g/mol. The van der Waals surface area contributed by atoms with Crippen molar-refractivity contribution < 1.29 is 9.59 Å². The Balaban J connectivity index is 1.82. The monoisotopic (exact) mass is 418 g/mol. The maximum Gasteiger partial charge on any atom is 0.213 e. The van der Waals surface area contributed by atoms with E-state index >= 15 is 0 Å². The van der Waals surface area contributed by atoms with Crippen molar-refractivity contribution in [2.24, 2.45) is 0 Å². The van der Waals surface area contributed by atoms with Crippen LogP contribution in [0.2, 0.25) is 0 Å². The third-order valence-electron chi connectivity index (χ3n) is 3.68. The van der Waals surface area contributed by atoms with Crippen molar-refractivity contribution in [3.63, 3.8) is 0 Å². The summed E-state index contributed by atoms with van der Waals surface area (Å²) in [6, 6.07) is 10.7. The minimum Gasteiger partial charge on any atom is -0.350 e. The first-order valence-corrected chi connectivity index (χ1v) is 8.10. The van der Waals surface area contributed by atoms with Gasteiger partial charge in [-0.2, -0.15) is 0 Å². The third-order valence-corrected chi connectivity index (χ3v) is 4.66. The largest absolute Gasteiger partial charge is 0.350 e. The Morgan fingerprint density at radius 1 is 0.682 bits per heavy atom. The van der Waals surface area contributed by atoms with Gasteiger partial charge in [0.1, 0.15) is 11.4 Å². The van der Waals surface area contributed by atoms with E-state index < -0.39 is 0 Å². The van der Waals surface area contributed by atoms with Crippen LogP contribution in [0.15, 0.2) is 56.7 Å². The number of nitrogens with one attached hydrogen (secondary N) is 2. The van der Waals surface area contributed by atoms with Gasteiger partial charge < -0.3 is 10.6 Å². The molecule has 0 aromatic heterocycles. The standard InChI is InChI=1S/C16H8Br2N2O2/c17-7-1-3-9-11(5-7)19-13(15(9)21)14-16(22)10-4-2-8(18)6-12(10)20-14/h1-6,19-20H/b14-13+. The first-order valence-electron chi connectivity index (χ1n) is 6.51. The number of benzene rings is 2. The number of carbonyl (C=O) groups is 2. The molecule has 2 heterocycles. The zero-order valence-electron chi connectivity index (χ0n) is 11.0. The molecule has 0 radical (unpaired) electrons. The van der Waals surface area contributed by atoms with E-state index in [-0.39, 0.29) is 11.6 Å². The van der Waals surface area contributed by atoms with E-state index in [0.717, 1.165) is 8.95 Å². The van der Waals surface area contributed by atoms with Gasteiger partial charge in [0.25, 0.3) is 0 Å². The molecule has 0 fully saturated rings. The highest BCUT2D eigenvalue weighted by atomic mass is 79.9. The molecule has 0 amide bonds. The number of allylic oxidation sites excluding steroid dienone is 2. The molecule has 0 aliphatic carbocycles. The molecule has 4 rings (SSSR count). The van der Waals surface area contributed by atoms with Crippen LogP contribution >= 0.6 is 31.9 Å². The highest BCUT2D eigenvalue weighted by Crippen LogP contribution is 2.37. The smallest absolute Gasteiger partial charge is 0.213 e. The molecule has 2 aromatic carbocycles. The van der Waals surface area contributed by atoms with Crippen LogP contribution in [0, 0.1) is 0 Å². The molecule has 0 unspecified atom stereocenters. The summed E-state index contributed by atoms with van der Waals surface area (Å²) in [5.74, 6) is -0.351. The lowest BCUT2D eigenvalue weighted by Crippen LogP contribution is -2.13. The van der Waals surface area contributed by atoms with Crippen LogP contribution in [0.3, 0.4) is 0 Å². The van der Waals surface area contributed by atoms with Crippen molar-refractivity contribution in [1.29, 1.82) is 0 Å². The van der Waals surface area contributed by atoms with Gasteiger partial charge in [0.2, 0.25) is 11.6 Å². The SMILES string of the molecule is O=C1/C(=C2\Nc3cc(Br)ccc3C2=O)Nc2cc(Br)ccc21. The number of fused-ring (bicyclic) bond motifs is 2. The van der Waals surface area contributed by atoms with Crippen molar-refractivity contribution in [3.05, 3.63) is 67.9 Å². The molecule has 108 valence electrons. The van der Waals surface area contributed by atoms with E-state index in [1.54, 1.807) is 12.1 Å². The highest BCUT2D eigenvalue weighted by molar-refractivity contribution is 9.10. The first kappa shape index (κ1) is 13.7. The molecule has 2 aliphatic rings. The lowest BCUT2D eigenvalue weighted by atomic mass is 10.1. The summed E-state index contributed by atoms with van der Waals surface area (Å²) in [5.41, 5.74) is 3.13. The number of hydrogen-bond acceptors (Lipinski definition) is 4.